The average molecular weight is 263 g/mol. The van der Waals surface area contributed by atoms with Crippen LogP contribution in [0.1, 0.15) is 17.5 Å². The first-order chi connectivity index (χ1) is 9.15. The van der Waals surface area contributed by atoms with Crippen LogP contribution in [0.15, 0.2) is 18.2 Å². The van der Waals surface area contributed by atoms with E-state index in [0.717, 1.165) is 25.1 Å². The molecular formula is C14H21N3O2. The van der Waals surface area contributed by atoms with Gasteiger partial charge >= 0.3 is 6.09 Å². The van der Waals surface area contributed by atoms with E-state index in [9.17, 15) is 4.79 Å². The molecule has 19 heavy (non-hydrogen) atoms. The second-order valence-electron chi connectivity index (χ2n) is 4.85. The Morgan fingerprint density at radius 3 is 3.05 bits per heavy atom. The van der Waals surface area contributed by atoms with E-state index in [-0.39, 0.29) is 12.1 Å². The van der Waals surface area contributed by atoms with Crippen molar-refractivity contribution >= 4 is 11.8 Å². The maximum atomic E-state index is 11.2. The molecule has 0 spiro atoms. The van der Waals surface area contributed by atoms with E-state index in [0.29, 0.717) is 6.54 Å². The predicted molar refractivity (Wildman–Crippen MR) is 75.2 cm³/mol. The van der Waals surface area contributed by atoms with E-state index >= 15 is 0 Å². The topological polar surface area (TPSA) is 67.6 Å². The summed E-state index contributed by atoms with van der Waals surface area (Å²) >= 11 is 0. The number of nitrogens with one attached hydrogen (secondary N) is 1. The van der Waals surface area contributed by atoms with E-state index in [1.807, 2.05) is 6.07 Å². The van der Waals surface area contributed by atoms with Gasteiger partial charge in [-0.2, -0.15) is 0 Å². The molecule has 3 N–H and O–H groups in total. The molecule has 1 aliphatic heterocycles. The molecule has 1 aliphatic rings. The summed E-state index contributed by atoms with van der Waals surface area (Å²) in [5.41, 5.74) is 9.39. The van der Waals surface area contributed by atoms with Crippen molar-refractivity contribution in [3.05, 3.63) is 29.3 Å². The fraction of sp³-hybridized carbons (Fsp3) is 0.500. The molecule has 1 aromatic rings. The molecule has 0 aliphatic carbocycles. The molecule has 1 fully saturated rings. The number of nitrogens with two attached hydrogens (primary N) is 1. The smallest absolute Gasteiger partial charge is 0.407 e. The Labute approximate surface area is 113 Å². The van der Waals surface area contributed by atoms with Crippen LogP contribution in [0, 0.1) is 6.92 Å². The standard InChI is InChI=1S/C14H21N3O2/c1-10-4-3-5-11(8-15)13(10)17-7-6-12(9-17)16-14(18)19-2/h3-5,12H,6-9,15H2,1-2H3,(H,16,18). The number of aryl methyl sites for hydroxylation is 1. The van der Waals surface area contributed by atoms with Crippen molar-refractivity contribution in [3.63, 3.8) is 0 Å². The van der Waals surface area contributed by atoms with Gasteiger partial charge in [0.2, 0.25) is 0 Å². The van der Waals surface area contributed by atoms with Gasteiger partial charge in [0.05, 0.1) is 13.2 Å². The number of benzene rings is 1. The molecule has 0 radical (unpaired) electrons. The lowest BCUT2D eigenvalue weighted by Crippen LogP contribution is -2.37. The van der Waals surface area contributed by atoms with Crippen LogP contribution in [0.5, 0.6) is 0 Å². The zero-order chi connectivity index (χ0) is 13.8. The average Bonchev–Trinajstić information content (AvgIpc) is 2.86. The molecule has 1 unspecified atom stereocenters. The molecule has 1 heterocycles. The highest BCUT2D eigenvalue weighted by Crippen LogP contribution is 2.28. The molecule has 1 atom stereocenters. The lowest BCUT2D eigenvalue weighted by Gasteiger charge is -2.24. The highest BCUT2D eigenvalue weighted by Gasteiger charge is 2.26. The number of alkyl carbamates (subject to hydrolysis) is 1. The van der Waals surface area contributed by atoms with Crippen LogP contribution in [-0.4, -0.2) is 32.3 Å². The van der Waals surface area contributed by atoms with Gasteiger partial charge in [-0.05, 0) is 24.5 Å². The van der Waals surface area contributed by atoms with Gasteiger partial charge in [0.25, 0.3) is 0 Å². The molecule has 5 nitrogen and oxygen atoms in total. The predicted octanol–water partition coefficient (Wildman–Crippen LogP) is 1.39. The number of hydrogen-bond donors (Lipinski definition) is 2. The van der Waals surface area contributed by atoms with Crippen molar-refractivity contribution in [1.82, 2.24) is 5.32 Å². The van der Waals surface area contributed by atoms with Crippen LogP contribution < -0.4 is 16.0 Å². The molecule has 1 amide bonds. The molecule has 0 saturated carbocycles. The number of amides is 1. The molecule has 0 bridgehead atoms. The summed E-state index contributed by atoms with van der Waals surface area (Å²) in [5.74, 6) is 0. The Hall–Kier alpha value is -1.75. The largest absolute Gasteiger partial charge is 0.453 e. The number of anilines is 1. The summed E-state index contributed by atoms with van der Waals surface area (Å²) in [4.78, 5) is 13.5. The summed E-state index contributed by atoms with van der Waals surface area (Å²) < 4.78 is 4.63. The Balaban J connectivity index is 2.10. The second-order valence-corrected chi connectivity index (χ2v) is 4.85. The second kappa shape index (κ2) is 5.93. The fourth-order valence-electron chi connectivity index (χ4n) is 2.64. The number of ether oxygens (including phenoxy) is 1. The Morgan fingerprint density at radius 1 is 1.58 bits per heavy atom. The summed E-state index contributed by atoms with van der Waals surface area (Å²) in [6.07, 6.45) is 0.559. The van der Waals surface area contributed by atoms with Gasteiger partial charge in [0.15, 0.2) is 0 Å². The Morgan fingerprint density at radius 2 is 2.37 bits per heavy atom. The van der Waals surface area contributed by atoms with Gasteiger partial charge in [0.1, 0.15) is 0 Å². The van der Waals surface area contributed by atoms with Crippen molar-refractivity contribution in [3.8, 4) is 0 Å². The molecule has 0 aromatic heterocycles. The third kappa shape index (κ3) is 2.98. The number of methoxy groups -OCH3 is 1. The van der Waals surface area contributed by atoms with E-state index in [4.69, 9.17) is 5.73 Å². The van der Waals surface area contributed by atoms with Gasteiger partial charge in [-0.25, -0.2) is 4.79 Å². The number of hydrogen-bond acceptors (Lipinski definition) is 4. The molecule has 2 rings (SSSR count). The quantitative estimate of drug-likeness (QED) is 0.864. The zero-order valence-electron chi connectivity index (χ0n) is 11.5. The van der Waals surface area contributed by atoms with Crippen molar-refractivity contribution in [2.24, 2.45) is 5.73 Å². The van der Waals surface area contributed by atoms with Crippen LogP contribution >= 0.6 is 0 Å². The van der Waals surface area contributed by atoms with E-state index in [1.165, 1.54) is 18.4 Å². The molecule has 1 saturated heterocycles. The zero-order valence-corrected chi connectivity index (χ0v) is 11.5. The van der Waals surface area contributed by atoms with Crippen LogP contribution in [0.2, 0.25) is 0 Å². The number of carbonyl (C=O) groups excluding carboxylic acids is 1. The van der Waals surface area contributed by atoms with Gasteiger partial charge in [-0.3, -0.25) is 0 Å². The first-order valence-electron chi connectivity index (χ1n) is 6.53. The minimum atomic E-state index is -0.365. The number of nitrogens with zero attached hydrogens (tertiary/aromatic N) is 1. The fourth-order valence-corrected chi connectivity index (χ4v) is 2.64. The highest BCUT2D eigenvalue weighted by atomic mass is 16.5. The Kier molecular flexibility index (Phi) is 4.27. The Bertz CT molecular complexity index is 462. The van der Waals surface area contributed by atoms with Crippen molar-refractivity contribution in [2.45, 2.75) is 25.9 Å². The van der Waals surface area contributed by atoms with E-state index < -0.39 is 0 Å². The van der Waals surface area contributed by atoms with Crippen LogP contribution in [-0.2, 0) is 11.3 Å². The molecule has 5 heteroatoms. The van der Waals surface area contributed by atoms with Crippen LogP contribution in [0.4, 0.5) is 10.5 Å². The molecular weight excluding hydrogens is 242 g/mol. The maximum Gasteiger partial charge on any atom is 0.407 e. The first kappa shape index (κ1) is 13.7. The van der Waals surface area contributed by atoms with Crippen molar-refractivity contribution in [2.75, 3.05) is 25.1 Å². The number of para-hydroxylation sites is 1. The third-order valence-corrected chi connectivity index (χ3v) is 3.55. The van der Waals surface area contributed by atoms with E-state index in [1.54, 1.807) is 0 Å². The normalized spacial score (nSPS) is 18.5. The number of rotatable bonds is 3. The molecule has 1 aromatic carbocycles. The number of carbonyl (C=O) groups is 1. The van der Waals surface area contributed by atoms with Crippen LogP contribution in [0.3, 0.4) is 0 Å². The van der Waals surface area contributed by atoms with Crippen molar-refractivity contribution < 1.29 is 9.53 Å². The summed E-state index contributed by atoms with van der Waals surface area (Å²) in [6, 6.07) is 6.32. The van der Waals surface area contributed by atoms with Gasteiger partial charge in [0, 0.05) is 25.3 Å². The molecule has 104 valence electrons. The lowest BCUT2D eigenvalue weighted by atomic mass is 10.1. The minimum absolute atomic E-state index is 0.137. The third-order valence-electron chi connectivity index (χ3n) is 3.55. The minimum Gasteiger partial charge on any atom is -0.453 e. The first-order valence-corrected chi connectivity index (χ1v) is 6.53. The van der Waals surface area contributed by atoms with Gasteiger partial charge < -0.3 is 20.7 Å². The SMILES string of the molecule is COC(=O)NC1CCN(c2c(C)cccc2CN)C1. The van der Waals surface area contributed by atoms with Crippen molar-refractivity contribution in [1.29, 1.82) is 0 Å². The monoisotopic (exact) mass is 263 g/mol. The summed E-state index contributed by atoms with van der Waals surface area (Å²) in [6.45, 7) is 4.34. The van der Waals surface area contributed by atoms with Gasteiger partial charge in [-0.15, -0.1) is 0 Å². The van der Waals surface area contributed by atoms with Gasteiger partial charge in [-0.1, -0.05) is 18.2 Å². The summed E-state index contributed by atoms with van der Waals surface area (Å²) in [5, 5.41) is 2.85. The lowest BCUT2D eigenvalue weighted by molar-refractivity contribution is 0.167. The van der Waals surface area contributed by atoms with E-state index in [2.05, 4.69) is 34.0 Å². The summed E-state index contributed by atoms with van der Waals surface area (Å²) in [7, 11) is 1.38. The van der Waals surface area contributed by atoms with Crippen LogP contribution in [0.25, 0.3) is 0 Å². The highest BCUT2D eigenvalue weighted by molar-refractivity contribution is 5.68. The maximum absolute atomic E-state index is 11.2.